The predicted octanol–water partition coefficient (Wildman–Crippen LogP) is 5.62. The number of carbonyl (C=O) groups excluding carboxylic acids is 1. The smallest absolute Gasteiger partial charge is 0.269 e. The number of nitrogens with one attached hydrogen (secondary N) is 1. The molecular weight excluding hydrogens is 383 g/mol. The van der Waals surface area contributed by atoms with Gasteiger partial charge in [0.1, 0.15) is 23.4 Å². The lowest BCUT2D eigenvalue weighted by Gasteiger charge is -2.19. The van der Waals surface area contributed by atoms with E-state index in [0.29, 0.717) is 28.3 Å². The number of amides is 1. The van der Waals surface area contributed by atoms with Crippen molar-refractivity contribution >= 4 is 23.2 Å². The van der Waals surface area contributed by atoms with Gasteiger partial charge in [-0.2, -0.15) is 5.26 Å². The van der Waals surface area contributed by atoms with Crippen LogP contribution in [-0.2, 0) is 4.79 Å². The van der Waals surface area contributed by atoms with Crippen molar-refractivity contribution in [3.63, 3.8) is 0 Å². The van der Waals surface area contributed by atoms with Gasteiger partial charge < -0.3 is 15.2 Å². The highest BCUT2D eigenvalue weighted by atomic mass is 35.5. The molecule has 0 aliphatic carbocycles. The Balaban J connectivity index is 2.55. The highest BCUT2D eigenvalue weighted by molar-refractivity contribution is 6.33. The SMILES string of the molecule is CCC(C)Oc1cc(NC(=O)/C(C#N)=C(/C)O)c(F)cc1-c1ccccc1Cl. The Kier molecular flexibility index (Phi) is 7.02. The third-order valence-electron chi connectivity index (χ3n) is 4.09. The molecule has 146 valence electrons. The summed E-state index contributed by atoms with van der Waals surface area (Å²) in [6, 6.07) is 11.1. The number of allylic oxidation sites excluding steroid dienone is 1. The molecule has 0 saturated carbocycles. The summed E-state index contributed by atoms with van der Waals surface area (Å²) in [6.07, 6.45) is 0.552. The van der Waals surface area contributed by atoms with E-state index in [9.17, 15) is 14.3 Å². The van der Waals surface area contributed by atoms with Crippen molar-refractivity contribution < 1.29 is 19.0 Å². The second-order valence-corrected chi connectivity index (χ2v) is 6.58. The first-order valence-corrected chi connectivity index (χ1v) is 9.02. The molecule has 0 spiro atoms. The zero-order valence-electron chi connectivity index (χ0n) is 15.7. The van der Waals surface area contributed by atoms with Crippen LogP contribution in [0.3, 0.4) is 0 Å². The molecule has 0 radical (unpaired) electrons. The van der Waals surface area contributed by atoms with E-state index in [1.165, 1.54) is 19.1 Å². The zero-order chi connectivity index (χ0) is 20.8. The van der Waals surface area contributed by atoms with Crippen LogP contribution in [0.4, 0.5) is 10.1 Å². The fourth-order valence-electron chi connectivity index (χ4n) is 2.42. The number of nitrogens with zero attached hydrogens (tertiary/aromatic N) is 1. The maximum atomic E-state index is 14.7. The Morgan fingerprint density at radius 3 is 2.61 bits per heavy atom. The number of ether oxygens (including phenoxy) is 1. The number of halogens is 2. The summed E-state index contributed by atoms with van der Waals surface area (Å²) in [6.45, 7) is 5.01. The van der Waals surface area contributed by atoms with E-state index < -0.39 is 23.1 Å². The molecule has 2 aromatic rings. The summed E-state index contributed by atoms with van der Waals surface area (Å²) in [5.74, 6) is -1.76. The maximum absolute atomic E-state index is 14.7. The van der Waals surface area contributed by atoms with Crippen LogP contribution in [0, 0.1) is 17.1 Å². The number of hydrogen-bond donors (Lipinski definition) is 2. The van der Waals surface area contributed by atoms with E-state index in [1.54, 1.807) is 30.3 Å². The first kappa shape index (κ1) is 21.3. The van der Waals surface area contributed by atoms with Gasteiger partial charge in [-0.05, 0) is 32.4 Å². The van der Waals surface area contributed by atoms with E-state index in [0.717, 1.165) is 0 Å². The lowest BCUT2D eigenvalue weighted by Crippen LogP contribution is -2.17. The van der Waals surface area contributed by atoms with Gasteiger partial charge >= 0.3 is 0 Å². The lowest BCUT2D eigenvalue weighted by atomic mass is 10.0. The predicted molar refractivity (Wildman–Crippen MR) is 107 cm³/mol. The van der Waals surface area contributed by atoms with Crippen molar-refractivity contribution in [3.05, 3.63) is 58.6 Å². The summed E-state index contributed by atoms with van der Waals surface area (Å²) in [7, 11) is 0. The molecule has 1 unspecified atom stereocenters. The van der Waals surface area contributed by atoms with Crippen molar-refractivity contribution in [2.24, 2.45) is 0 Å². The molecule has 7 heteroatoms. The minimum absolute atomic E-state index is 0.162. The molecule has 0 bridgehead atoms. The molecule has 0 aliphatic rings. The Hall–Kier alpha value is -3.04. The first-order chi connectivity index (χ1) is 13.3. The van der Waals surface area contributed by atoms with Gasteiger partial charge in [-0.25, -0.2) is 4.39 Å². The number of carbonyl (C=O) groups is 1. The van der Waals surface area contributed by atoms with Gasteiger partial charge in [0.25, 0.3) is 5.91 Å². The number of aliphatic hydroxyl groups excluding tert-OH is 1. The highest BCUT2D eigenvalue weighted by Crippen LogP contribution is 2.38. The van der Waals surface area contributed by atoms with E-state index >= 15 is 0 Å². The van der Waals surface area contributed by atoms with Gasteiger partial charge in [0.15, 0.2) is 5.57 Å². The molecule has 0 saturated heterocycles. The number of anilines is 1. The summed E-state index contributed by atoms with van der Waals surface area (Å²) < 4.78 is 20.6. The summed E-state index contributed by atoms with van der Waals surface area (Å²) in [4.78, 5) is 12.2. The molecule has 1 amide bonds. The van der Waals surface area contributed by atoms with Crippen LogP contribution >= 0.6 is 11.6 Å². The molecule has 2 aromatic carbocycles. The largest absolute Gasteiger partial charge is 0.511 e. The van der Waals surface area contributed by atoms with Gasteiger partial charge in [0, 0.05) is 22.2 Å². The Labute approximate surface area is 168 Å². The molecule has 5 nitrogen and oxygen atoms in total. The molecule has 0 aliphatic heterocycles. The van der Waals surface area contributed by atoms with Crippen molar-refractivity contribution in [1.29, 1.82) is 5.26 Å². The molecule has 2 N–H and O–H groups in total. The monoisotopic (exact) mass is 402 g/mol. The van der Waals surface area contributed by atoms with E-state index in [2.05, 4.69) is 5.32 Å². The van der Waals surface area contributed by atoms with Crippen LogP contribution in [0.15, 0.2) is 47.7 Å². The number of rotatable bonds is 6. The van der Waals surface area contributed by atoms with Crippen molar-refractivity contribution in [2.75, 3.05) is 5.32 Å². The summed E-state index contributed by atoms with van der Waals surface area (Å²) >= 11 is 6.26. The van der Waals surface area contributed by atoms with Crippen molar-refractivity contribution in [3.8, 4) is 22.9 Å². The Bertz CT molecular complexity index is 963. The van der Waals surface area contributed by atoms with Gasteiger partial charge in [-0.3, -0.25) is 4.79 Å². The average Bonchev–Trinajstić information content (AvgIpc) is 2.64. The van der Waals surface area contributed by atoms with Crippen LogP contribution in [0.1, 0.15) is 27.2 Å². The first-order valence-electron chi connectivity index (χ1n) is 8.64. The van der Waals surface area contributed by atoms with Gasteiger partial charge in [0.05, 0.1) is 11.8 Å². The summed E-state index contributed by atoms with van der Waals surface area (Å²) in [5, 5.41) is 21.1. The average molecular weight is 403 g/mol. The van der Waals surface area contributed by atoms with Crippen LogP contribution < -0.4 is 10.1 Å². The highest BCUT2D eigenvalue weighted by Gasteiger charge is 2.20. The lowest BCUT2D eigenvalue weighted by molar-refractivity contribution is -0.112. The minimum atomic E-state index is -0.915. The second-order valence-electron chi connectivity index (χ2n) is 6.17. The number of aliphatic hydroxyl groups is 1. The Morgan fingerprint density at radius 1 is 1.36 bits per heavy atom. The summed E-state index contributed by atoms with van der Waals surface area (Å²) in [5.41, 5.74) is 0.353. The normalized spacial score (nSPS) is 12.6. The van der Waals surface area contributed by atoms with Crippen LogP contribution in [0.2, 0.25) is 5.02 Å². The van der Waals surface area contributed by atoms with Gasteiger partial charge in [-0.15, -0.1) is 0 Å². The Morgan fingerprint density at radius 2 is 2.04 bits per heavy atom. The molecule has 28 heavy (non-hydrogen) atoms. The van der Waals surface area contributed by atoms with Crippen LogP contribution in [-0.4, -0.2) is 17.1 Å². The third-order valence-corrected chi connectivity index (χ3v) is 4.41. The number of benzene rings is 2. The molecule has 0 aromatic heterocycles. The number of nitriles is 1. The van der Waals surface area contributed by atoms with Crippen molar-refractivity contribution in [1.82, 2.24) is 0 Å². The third kappa shape index (κ3) is 4.81. The molecule has 2 rings (SSSR count). The minimum Gasteiger partial charge on any atom is -0.511 e. The van der Waals surface area contributed by atoms with Gasteiger partial charge in [-0.1, -0.05) is 36.7 Å². The van der Waals surface area contributed by atoms with E-state index in [-0.39, 0.29) is 11.8 Å². The molecular formula is C21H20ClFN2O3. The van der Waals surface area contributed by atoms with E-state index in [1.807, 2.05) is 13.8 Å². The quantitative estimate of drug-likeness (QED) is 0.373. The standard InChI is InChI=1S/C21H20ClFN2O3/c1-4-12(2)28-20-10-19(25-21(27)16(11-24)13(3)26)18(23)9-15(20)14-7-5-6-8-17(14)22/h5-10,12,26H,4H2,1-3H3,(H,25,27)/b16-13-. The molecule has 0 fully saturated rings. The van der Waals surface area contributed by atoms with E-state index in [4.69, 9.17) is 21.6 Å². The maximum Gasteiger partial charge on any atom is 0.269 e. The van der Waals surface area contributed by atoms with Crippen LogP contribution in [0.5, 0.6) is 5.75 Å². The van der Waals surface area contributed by atoms with Crippen LogP contribution in [0.25, 0.3) is 11.1 Å². The fraction of sp³-hybridized carbons (Fsp3) is 0.238. The second kappa shape index (κ2) is 9.25. The fourth-order valence-corrected chi connectivity index (χ4v) is 2.66. The molecule has 1 atom stereocenters. The topological polar surface area (TPSA) is 82.3 Å². The number of hydrogen-bond acceptors (Lipinski definition) is 4. The van der Waals surface area contributed by atoms with Crippen molar-refractivity contribution in [2.45, 2.75) is 33.3 Å². The molecule has 0 heterocycles. The van der Waals surface area contributed by atoms with Gasteiger partial charge in [0.2, 0.25) is 0 Å². The zero-order valence-corrected chi connectivity index (χ0v) is 16.5.